The molecule has 0 aromatic carbocycles. The first-order valence-electron chi connectivity index (χ1n) is 5.76. The minimum Gasteiger partial charge on any atom is -0.378 e. The Balaban J connectivity index is 2.18. The van der Waals surface area contributed by atoms with Gasteiger partial charge in [0.15, 0.2) is 0 Å². The Morgan fingerprint density at radius 3 is 2.81 bits per heavy atom. The lowest BCUT2D eigenvalue weighted by Gasteiger charge is -2.15. The van der Waals surface area contributed by atoms with E-state index in [4.69, 9.17) is 10.6 Å². The molecule has 0 saturated carbocycles. The quantitative estimate of drug-likeness (QED) is 0.499. The molecule has 5 nitrogen and oxygen atoms in total. The number of rotatable bonds is 7. The molecule has 1 heterocycles. The zero-order valence-corrected chi connectivity index (χ0v) is 10.6. The highest BCUT2D eigenvalue weighted by atomic mass is 32.2. The Morgan fingerprint density at radius 1 is 1.56 bits per heavy atom. The number of nitrogens with one attached hydrogen (secondary N) is 1. The topological polar surface area (TPSA) is 81.4 Å². The second-order valence-electron chi connectivity index (χ2n) is 4.52. The maximum atomic E-state index is 11.1. The summed E-state index contributed by atoms with van der Waals surface area (Å²) in [7, 11) is -2.96. The number of hydrogen-bond donors (Lipinski definition) is 2. The minimum absolute atomic E-state index is 0.106. The molecule has 96 valence electrons. The van der Waals surface area contributed by atoms with Gasteiger partial charge in [-0.1, -0.05) is 0 Å². The molecule has 0 aromatic heterocycles. The Labute approximate surface area is 97.6 Å². The fourth-order valence-electron chi connectivity index (χ4n) is 2.04. The third kappa shape index (κ3) is 5.79. The van der Waals surface area contributed by atoms with E-state index in [0.29, 0.717) is 6.10 Å². The van der Waals surface area contributed by atoms with Crippen molar-refractivity contribution in [2.24, 2.45) is 5.84 Å². The van der Waals surface area contributed by atoms with Gasteiger partial charge in [0.2, 0.25) is 0 Å². The number of nitrogens with two attached hydrogens (primary N) is 1. The second kappa shape index (κ2) is 6.54. The molecule has 2 atom stereocenters. The van der Waals surface area contributed by atoms with Gasteiger partial charge in [-0.3, -0.25) is 11.3 Å². The fraction of sp³-hybridized carbons (Fsp3) is 1.00. The molecule has 6 heteroatoms. The third-order valence-electron chi connectivity index (χ3n) is 2.84. The number of hydrazine groups is 1. The lowest BCUT2D eigenvalue weighted by molar-refractivity contribution is 0.101. The van der Waals surface area contributed by atoms with E-state index in [1.165, 1.54) is 6.26 Å². The maximum Gasteiger partial charge on any atom is 0.149 e. The van der Waals surface area contributed by atoms with Gasteiger partial charge in [-0.15, -0.1) is 0 Å². The average molecular weight is 250 g/mol. The van der Waals surface area contributed by atoms with Crippen molar-refractivity contribution < 1.29 is 13.2 Å². The monoisotopic (exact) mass is 250 g/mol. The smallest absolute Gasteiger partial charge is 0.149 e. The number of sulfone groups is 1. The van der Waals surface area contributed by atoms with E-state index < -0.39 is 9.84 Å². The number of ether oxygens (including phenoxy) is 1. The summed E-state index contributed by atoms with van der Waals surface area (Å²) in [6.45, 7) is 0.868. The predicted molar refractivity (Wildman–Crippen MR) is 63.6 cm³/mol. The van der Waals surface area contributed by atoms with Crippen molar-refractivity contribution >= 4 is 9.84 Å². The van der Waals surface area contributed by atoms with Gasteiger partial charge in [0, 0.05) is 18.9 Å². The molecule has 0 bridgehead atoms. The van der Waals surface area contributed by atoms with Crippen LogP contribution in [0.3, 0.4) is 0 Å². The summed E-state index contributed by atoms with van der Waals surface area (Å²) in [5, 5.41) is 0. The summed E-state index contributed by atoms with van der Waals surface area (Å²) in [6, 6.07) is -0.142. The van der Waals surface area contributed by atoms with E-state index >= 15 is 0 Å². The van der Waals surface area contributed by atoms with Crippen molar-refractivity contribution in [3.05, 3.63) is 0 Å². The Morgan fingerprint density at radius 2 is 2.31 bits per heavy atom. The summed E-state index contributed by atoms with van der Waals surface area (Å²) >= 11 is 0. The Kier molecular flexibility index (Phi) is 5.68. The summed E-state index contributed by atoms with van der Waals surface area (Å²) < 4.78 is 27.7. The molecule has 1 rings (SSSR count). The van der Waals surface area contributed by atoms with Crippen molar-refractivity contribution in [1.82, 2.24) is 5.43 Å². The van der Waals surface area contributed by atoms with Gasteiger partial charge < -0.3 is 4.74 Å². The lowest BCUT2D eigenvalue weighted by Crippen LogP contribution is -2.40. The third-order valence-corrected chi connectivity index (χ3v) is 3.85. The highest BCUT2D eigenvalue weighted by Gasteiger charge is 2.17. The van der Waals surface area contributed by atoms with Crippen molar-refractivity contribution in [3.8, 4) is 0 Å². The first-order chi connectivity index (χ1) is 7.51. The molecule has 1 aliphatic heterocycles. The van der Waals surface area contributed by atoms with Crippen LogP contribution in [0.1, 0.15) is 32.1 Å². The molecule has 0 aromatic rings. The standard InChI is InChI=1S/C10H22N2O3S/c1-16(13,14)8-9(12-11)4-2-5-10-6-3-7-15-10/h9-10,12H,2-8,11H2,1H3. The molecule has 0 spiro atoms. The van der Waals surface area contributed by atoms with Crippen LogP contribution < -0.4 is 11.3 Å². The van der Waals surface area contributed by atoms with Gasteiger partial charge in [-0.05, 0) is 32.1 Å². The molecule has 0 aliphatic carbocycles. The first-order valence-corrected chi connectivity index (χ1v) is 7.83. The van der Waals surface area contributed by atoms with Crippen LogP contribution in [-0.4, -0.2) is 39.2 Å². The minimum atomic E-state index is -2.96. The van der Waals surface area contributed by atoms with Crippen LogP contribution in [-0.2, 0) is 14.6 Å². The predicted octanol–water partition coefficient (Wildman–Crippen LogP) is 0.212. The van der Waals surface area contributed by atoms with E-state index in [1.54, 1.807) is 0 Å². The molecule has 1 saturated heterocycles. The van der Waals surface area contributed by atoms with Crippen molar-refractivity contribution in [2.75, 3.05) is 18.6 Å². The van der Waals surface area contributed by atoms with E-state index in [0.717, 1.165) is 38.7 Å². The van der Waals surface area contributed by atoms with E-state index in [2.05, 4.69) is 5.43 Å². The van der Waals surface area contributed by atoms with Gasteiger partial charge in [-0.2, -0.15) is 0 Å². The van der Waals surface area contributed by atoms with E-state index in [-0.39, 0.29) is 11.8 Å². The summed E-state index contributed by atoms with van der Waals surface area (Å²) in [4.78, 5) is 0. The number of hydrogen-bond acceptors (Lipinski definition) is 5. The largest absolute Gasteiger partial charge is 0.378 e. The molecule has 0 radical (unpaired) electrons. The summed E-state index contributed by atoms with van der Waals surface area (Å²) in [5.41, 5.74) is 2.56. The van der Waals surface area contributed by atoms with Crippen molar-refractivity contribution in [1.29, 1.82) is 0 Å². The van der Waals surface area contributed by atoms with E-state index in [9.17, 15) is 8.42 Å². The van der Waals surface area contributed by atoms with Crippen LogP contribution in [0.5, 0.6) is 0 Å². The normalized spacial score (nSPS) is 23.5. The van der Waals surface area contributed by atoms with E-state index in [1.807, 2.05) is 0 Å². The van der Waals surface area contributed by atoms with Crippen LogP contribution in [0.2, 0.25) is 0 Å². The molecule has 16 heavy (non-hydrogen) atoms. The SMILES string of the molecule is CS(=O)(=O)CC(CCCC1CCCO1)NN. The molecule has 0 amide bonds. The Bertz CT molecular complexity index is 286. The van der Waals surface area contributed by atoms with Crippen LogP contribution in [0.4, 0.5) is 0 Å². The van der Waals surface area contributed by atoms with Gasteiger partial charge in [-0.25, -0.2) is 8.42 Å². The fourth-order valence-corrected chi connectivity index (χ4v) is 3.04. The van der Waals surface area contributed by atoms with Crippen LogP contribution in [0.25, 0.3) is 0 Å². The highest BCUT2D eigenvalue weighted by molar-refractivity contribution is 7.90. The molecular weight excluding hydrogens is 228 g/mol. The van der Waals surface area contributed by atoms with Gasteiger partial charge in [0.25, 0.3) is 0 Å². The zero-order chi connectivity index (χ0) is 12.0. The lowest BCUT2D eigenvalue weighted by atomic mass is 10.1. The zero-order valence-electron chi connectivity index (χ0n) is 9.81. The van der Waals surface area contributed by atoms with Crippen LogP contribution >= 0.6 is 0 Å². The molecule has 3 N–H and O–H groups in total. The second-order valence-corrected chi connectivity index (χ2v) is 6.71. The molecule has 1 aliphatic rings. The molecule has 2 unspecified atom stereocenters. The highest BCUT2D eigenvalue weighted by Crippen LogP contribution is 2.18. The average Bonchev–Trinajstić information content (AvgIpc) is 2.67. The van der Waals surface area contributed by atoms with Gasteiger partial charge >= 0.3 is 0 Å². The summed E-state index contributed by atoms with van der Waals surface area (Å²) in [6.07, 6.45) is 6.62. The van der Waals surface area contributed by atoms with Crippen molar-refractivity contribution in [2.45, 2.75) is 44.2 Å². The molecular formula is C10H22N2O3S. The van der Waals surface area contributed by atoms with Gasteiger partial charge in [0.05, 0.1) is 11.9 Å². The summed E-state index contributed by atoms with van der Waals surface area (Å²) in [5.74, 6) is 5.43. The van der Waals surface area contributed by atoms with Crippen molar-refractivity contribution in [3.63, 3.8) is 0 Å². The maximum absolute atomic E-state index is 11.1. The van der Waals surface area contributed by atoms with Crippen LogP contribution in [0, 0.1) is 0 Å². The molecule has 1 fully saturated rings. The Hall–Kier alpha value is -0.170. The first kappa shape index (κ1) is 13.9. The van der Waals surface area contributed by atoms with Gasteiger partial charge in [0.1, 0.15) is 9.84 Å². The van der Waals surface area contributed by atoms with Crippen LogP contribution in [0.15, 0.2) is 0 Å².